The van der Waals surface area contributed by atoms with E-state index in [1.165, 1.54) is 0 Å². The minimum absolute atomic E-state index is 0.0454. The Morgan fingerprint density at radius 3 is 2.76 bits per heavy atom. The van der Waals surface area contributed by atoms with E-state index in [0.29, 0.717) is 13.2 Å². The van der Waals surface area contributed by atoms with Crippen LogP contribution in [0.3, 0.4) is 0 Å². The highest BCUT2D eigenvalue weighted by molar-refractivity contribution is 5.85. The fraction of sp³-hybridized carbons (Fsp3) is 0.562. The Bertz CT molecular complexity index is 498. The van der Waals surface area contributed by atoms with E-state index in [1.807, 2.05) is 29.2 Å². The number of rotatable bonds is 3. The molecule has 1 atom stereocenters. The number of hydrogen-bond donors (Lipinski definition) is 1. The number of carbonyl (C=O) groups excluding carboxylic acids is 1. The van der Waals surface area contributed by atoms with Gasteiger partial charge in [-0.15, -0.1) is 0 Å². The van der Waals surface area contributed by atoms with Crippen LogP contribution in [0.4, 0.5) is 0 Å². The van der Waals surface area contributed by atoms with Gasteiger partial charge < -0.3 is 15.4 Å². The predicted octanol–water partition coefficient (Wildman–Crippen LogP) is 0.656. The molecule has 0 aromatic heterocycles. The van der Waals surface area contributed by atoms with Crippen LogP contribution in [-0.4, -0.2) is 61.6 Å². The number of piperazine rings is 1. The van der Waals surface area contributed by atoms with E-state index in [9.17, 15) is 4.79 Å². The molecule has 114 valence electrons. The molecule has 0 radical (unpaired) electrons. The quantitative estimate of drug-likeness (QED) is 0.888. The fourth-order valence-electron chi connectivity index (χ4n) is 3.19. The van der Waals surface area contributed by atoms with Gasteiger partial charge >= 0.3 is 0 Å². The topological polar surface area (TPSA) is 58.8 Å². The fourth-order valence-corrected chi connectivity index (χ4v) is 3.19. The summed E-state index contributed by atoms with van der Waals surface area (Å²) in [6.07, 6.45) is 0.777. The monoisotopic (exact) mass is 289 g/mol. The first-order valence-electron chi connectivity index (χ1n) is 7.72. The lowest BCUT2D eigenvalue weighted by molar-refractivity contribution is -0.135. The average molecular weight is 289 g/mol. The van der Waals surface area contributed by atoms with Crippen molar-refractivity contribution >= 4 is 5.91 Å². The second kappa shape index (κ2) is 6.45. The maximum absolute atomic E-state index is 12.8. The molecule has 1 aromatic carbocycles. The molecule has 1 amide bonds. The Balaban J connectivity index is 1.67. The van der Waals surface area contributed by atoms with Gasteiger partial charge in [-0.25, -0.2) is 0 Å². The van der Waals surface area contributed by atoms with Gasteiger partial charge in [-0.1, -0.05) is 18.2 Å². The Labute approximate surface area is 125 Å². The van der Waals surface area contributed by atoms with E-state index < -0.39 is 0 Å². The predicted molar refractivity (Wildman–Crippen MR) is 81.4 cm³/mol. The minimum atomic E-state index is -0.0454. The van der Waals surface area contributed by atoms with E-state index in [4.69, 9.17) is 10.5 Å². The number of amides is 1. The van der Waals surface area contributed by atoms with E-state index in [-0.39, 0.29) is 11.8 Å². The smallest absolute Gasteiger partial charge is 0.230 e. The molecule has 0 saturated carbocycles. The first-order chi connectivity index (χ1) is 10.3. The van der Waals surface area contributed by atoms with Gasteiger partial charge in [0.1, 0.15) is 5.75 Å². The highest BCUT2D eigenvalue weighted by Gasteiger charge is 2.32. The zero-order valence-corrected chi connectivity index (χ0v) is 12.3. The van der Waals surface area contributed by atoms with Gasteiger partial charge in [0, 0.05) is 44.8 Å². The molecule has 5 nitrogen and oxygen atoms in total. The summed E-state index contributed by atoms with van der Waals surface area (Å²) in [6.45, 7) is 5.68. The zero-order chi connectivity index (χ0) is 14.7. The van der Waals surface area contributed by atoms with Crippen molar-refractivity contribution in [2.75, 3.05) is 45.9 Å². The second-order valence-corrected chi connectivity index (χ2v) is 5.68. The van der Waals surface area contributed by atoms with Crippen LogP contribution in [-0.2, 0) is 4.79 Å². The molecule has 1 fully saturated rings. The van der Waals surface area contributed by atoms with Crippen LogP contribution in [0.5, 0.6) is 5.75 Å². The van der Waals surface area contributed by atoms with Crippen molar-refractivity contribution in [1.82, 2.24) is 9.80 Å². The van der Waals surface area contributed by atoms with Gasteiger partial charge in [0.25, 0.3) is 0 Å². The SMILES string of the molecule is NCCN1CCN(C(=O)C2CCOc3ccccc32)CC1. The van der Waals surface area contributed by atoms with Crippen molar-refractivity contribution in [3.63, 3.8) is 0 Å². The van der Waals surface area contributed by atoms with Crippen LogP contribution in [0.2, 0.25) is 0 Å². The van der Waals surface area contributed by atoms with Gasteiger partial charge in [-0.2, -0.15) is 0 Å². The highest BCUT2D eigenvalue weighted by atomic mass is 16.5. The first kappa shape index (κ1) is 14.4. The summed E-state index contributed by atoms with van der Waals surface area (Å²) < 4.78 is 5.65. The molecule has 5 heteroatoms. The Morgan fingerprint density at radius 1 is 1.24 bits per heavy atom. The van der Waals surface area contributed by atoms with Crippen molar-refractivity contribution in [2.45, 2.75) is 12.3 Å². The van der Waals surface area contributed by atoms with Crippen LogP contribution >= 0.6 is 0 Å². The molecule has 0 aliphatic carbocycles. The molecular formula is C16H23N3O2. The standard InChI is InChI=1S/C16H23N3O2/c17-6-7-18-8-10-19(11-9-18)16(20)14-5-12-21-15-4-2-1-3-13(14)15/h1-4,14H,5-12,17H2. The van der Waals surface area contributed by atoms with Gasteiger partial charge in [0.15, 0.2) is 0 Å². The number of hydrogen-bond acceptors (Lipinski definition) is 4. The number of carbonyl (C=O) groups is 1. The van der Waals surface area contributed by atoms with Crippen LogP contribution in [0.25, 0.3) is 0 Å². The number of para-hydroxylation sites is 1. The van der Waals surface area contributed by atoms with Crippen molar-refractivity contribution in [3.8, 4) is 5.75 Å². The molecular weight excluding hydrogens is 266 g/mol. The molecule has 1 saturated heterocycles. The largest absolute Gasteiger partial charge is 0.493 e. The molecule has 21 heavy (non-hydrogen) atoms. The number of fused-ring (bicyclic) bond motifs is 1. The summed E-state index contributed by atoms with van der Waals surface area (Å²) in [6, 6.07) is 7.90. The Kier molecular flexibility index (Phi) is 4.41. The van der Waals surface area contributed by atoms with E-state index >= 15 is 0 Å². The minimum Gasteiger partial charge on any atom is -0.493 e. The summed E-state index contributed by atoms with van der Waals surface area (Å²) in [5.74, 6) is 1.07. The van der Waals surface area contributed by atoms with Crippen LogP contribution in [0, 0.1) is 0 Å². The second-order valence-electron chi connectivity index (χ2n) is 5.68. The zero-order valence-electron chi connectivity index (χ0n) is 12.3. The molecule has 2 heterocycles. The lowest BCUT2D eigenvalue weighted by atomic mass is 9.91. The number of nitrogens with zero attached hydrogens (tertiary/aromatic N) is 2. The summed E-state index contributed by atoms with van der Waals surface area (Å²) in [7, 11) is 0. The molecule has 2 N–H and O–H groups in total. The van der Waals surface area contributed by atoms with E-state index in [2.05, 4.69) is 4.90 Å². The maximum atomic E-state index is 12.8. The van der Waals surface area contributed by atoms with Gasteiger partial charge in [-0.05, 0) is 12.5 Å². The van der Waals surface area contributed by atoms with E-state index in [0.717, 1.165) is 50.5 Å². The molecule has 0 bridgehead atoms. The molecule has 3 rings (SSSR count). The number of benzene rings is 1. The van der Waals surface area contributed by atoms with Crippen molar-refractivity contribution in [2.24, 2.45) is 5.73 Å². The molecule has 2 aliphatic rings. The lowest BCUT2D eigenvalue weighted by Crippen LogP contribution is -2.51. The Hall–Kier alpha value is -1.59. The molecule has 1 unspecified atom stereocenters. The third-order valence-electron chi connectivity index (χ3n) is 4.39. The van der Waals surface area contributed by atoms with Crippen molar-refractivity contribution in [1.29, 1.82) is 0 Å². The normalized spacial score (nSPS) is 22.5. The average Bonchev–Trinajstić information content (AvgIpc) is 2.55. The third kappa shape index (κ3) is 3.04. The van der Waals surface area contributed by atoms with Gasteiger partial charge in [0.05, 0.1) is 12.5 Å². The van der Waals surface area contributed by atoms with Crippen LogP contribution in [0.1, 0.15) is 17.9 Å². The number of nitrogens with two attached hydrogens (primary N) is 1. The van der Waals surface area contributed by atoms with Crippen LogP contribution in [0.15, 0.2) is 24.3 Å². The summed E-state index contributed by atoms with van der Waals surface area (Å²) >= 11 is 0. The Morgan fingerprint density at radius 2 is 2.00 bits per heavy atom. The summed E-state index contributed by atoms with van der Waals surface area (Å²) in [4.78, 5) is 17.1. The van der Waals surface area contributed by atoms with E-state index in [1.54, 1.807) is 0 Å². The van der Waals surface area contributed by atoms with Gasteiger partial charge in [-0.3, -0.25) is 9.69 Å². The molecule has 1 aromatic rings. The molecule has 2 aliphatic heterocycles. The first-order valence-corrected chi connectivity index (χ1v) is 7.72. The number of ether oxygens (including phenoxy) is 1. The third-order valence-corrected chi connectivity index (χ3v) is 4.39. The van der Waals surface area contributed by atoms with Crippen molar-refractivity contribution < 1.29 is 9.53 Å². The van der Waals surface area contributed by atoms with Crippen LogP contribution < -0.4 is 10.5 Å². The summed E-state index contributed by atoms with van der Waals surface area (Å²) in [5.41, 5.74) is 6.63. The summed E-state index contributed by atoms with van der Waals surface area (Å²) in [5, 5.41) is 0. The van der Waals surface area contributed by atoms with Gasteiger partial charge in [0.2, 0.25) is 5.91 Å². The lowest BCUT2D eigenvalue weighted by Gasteiger charge is -2.37. The van der Waals surface area contributed by atoms with Crippen molar-refractivity contribution in [3.05, 3.63) is 29.8 Å². The molecule has 0 spiro atoms. The maximum Gasteiger partial charge on any atom is 0.230 e. The highest BCUT2D eigenvalue weighted by Crippen LogP contribution is 2.34.